The number of nitrogens with zero attached hydrogens (tertiary/aromatic N) is 5. The predicted octanol–water partition coefficient (Wildman–Crippen LogP) is 0.0337. The van der Waals surface area contributed by atoms with Crippen molar-refractivity contribution in [1.82, 2.24) is 14.1 Å². The van der Waals surface area contributed by atoms with Gasteiger partial charge in [0, 0.05) is 65.0 Å². The zero-order valence-corrected chi connectivity index (χ0v) is 17.7. The third kappa shape index (κ3) is 5.04. The summed E-state index contributed by atoms with van der Waals surface area (Å²) in [5.74, 6) is 0. The molecule has 2 heterocycles. The van der Waals surface area contributed by atoms with Crippen LogP contribution in [0.4, 0.5) is 11.4 Å². The van der Waals surface area contributed by atoms with E-state index < -0.39 is 21.1 Å². The van der Waals surface area contributed by atoms with Gasteiger partial charge < -0.3 is 14.9 Å². The molecule has 2 fully saturated rings. The molecule has 1 unspecified atom stereocenters. The van der Waals surface area contributed by atoms with Crippen molar-refractivity contribution in [2.24, 2.45) is 0 Å². The summed E-state index contributed by atoms with van der Waals surface area (Å²) in [5, 5.41) is 21.2. The van der Waals surface area contributed by atoms with E-state index in [1.54, 1.807) is 13.0 Å². The molecule has 29 heavy (non-hydrogen) atoms. The molecule has 0 spiro atoms. The van der Waals surface area contributed by atoms with Crippen LogP contribution in [-0.2, 0) is 10.0 Å². The van der Waals surface area contributed by atoms with Gasteiger partial charge in [0.05, 0.1) is 15.9 Å². The Morgan fingerprint density at radius 3 is 2.28 bits per heavy atom. The summed E-state index contributed by atoms with van der Waals surface area (Å²) in [6, 6.07) is 4.20. The van der Waals surface area contributed by atoms with Gasteiger partial charge in [-0.2, -0.15) is 4.31 Å². The first-order valence-electron chi connectivity index (χ1n) is 9.81. The van der Waals surface area contributed by atoms with E-state index in [0.29, 0.717) is 64.6 Å². The van der Waals surface area contributed by atoms with E-state index >= 15 is 0 Å². The molecule has 10 nitrogen and oxygen atoms in total. The Kier molecular flexibility index (Phi) is 6.74. The van der Waals surface area contributed by atoms with E-state index in [2.05, 4.69) is 9.80 Å². The minimum absolute atomic E-state index is 0.0368. The van der Waals surface area contributed by atoms with Crippen molar-refractivity contribution in [3.63, 3.8) is 0 Å². The Morgan fingerprint density at radius 2 is 1.72 bits per heavy atom. The summed E-state index contributed by atoms with van der Waals surface area (Å²) in [7, 11) is -1.83. The van der Waals surface area contributed by atoms with Crippen LogP contribution >= 0.6 is 0 Å². The molecule has 1 N–H and O–H groups in total. The molecule has 0 radical (unpaired) electrons. The van der Waals surface area contributed by atoms with Gasteiger partial charge >= 0.3 is 0 Å². The Hall–Kier alpha value is -1.79. The van der Waals surface area contributed by atoms with Crippen molar-refractivity contribution < 1.29 is 18.4 Å². The molecule has 2 saturated heterocycles. The summed E-state index contributed by atoms with van der Waals surface area (Å²) in [4.78, 5) is 17.2. The average Bonchev–Trinajstić information content (AvgIpc) is 2.68. The number of hydrogen-bond donors (Lipinski definition) is 1. The Bertz CT molecular complexity index is 831. The fourth-order valence-corrected chi connectivity index (χ4v) is 5.24. The van der Waals surface area contributed by atoms with E-state index in [9.17, 15) is 23.6 Å². The van der Waals surface area contributed by atoms with Crippen molar-refractivity contribution in [2.45, 2.75) is 17.9 Å². The SMILES string of the molecule is CC(O)CN1CCN(c2ccc(S(=O)(=O)N3CCN(C)CC3)cc2[N+](=O)[O-])CC1. The lowest BCUT2D eigenvalue weighted by Crippen LogP contribution is -2.48. The smallest absolute Gasteiger partial charge is 0.293 e. The molecule has 1 aromatic rings. The van der Waals surface area contributed by atoms with Crippen LogP contribution in [0.15, 0.2) is 23.1 Å². The van der Waals surface area contributed by atoms with Gasteiger partial charge in [0.2, 0.25) is 10.0 Å². The van der Waals surface area contributed by atoms with Crippen LogP contribution in [-0.4, -0.2) is 105 Å². The summed E-state index contributed by atoms with van der Waals surface area (Å²) < 4.78 is 27.3. The quantitative estimate of drug-likeness (QED) is 0.500. The van der Waals surface area contributed by atoms with E-state index in [1.165, 1.54) is 16.4 Å². The van der Waals surface area contributed by atoms with Gasteiger partial charge in [0.15, 0.2) is 0 Å². The highest BCUT2D eigenvalue weighted by Crippen LogP contribution is 2.32. The van der Waals surface area contributed by atoms with Crippen molar-refractivity contribution in [3.8, 4) is 0 Å². The number of likely N-dealkylation sites (N-methyl/N-ethyl adjacent to an activating group) is 1. The van der Waals surface area contributed by atoms with Gasteiger partial charge in [-0.3, -0.25) is 15.0 Å². The lowest BCUT2D eigenvalue weighted by Gasteiger charge is -2.36. The zero-order valence-electron chi connectivity index (χ0n) is 16.9. The van der Waals surface area contributed by atoms with Crippen LogP contribution in [0.3, 0.4) is 0 Å². The molecule has 0 aliphatic carbocycles. The number of benzene rings is 1. The third-order valence-corrected chi connectivity index (χ3v) is 7.37. The maximum atomic E-state index is 12.9. The van der Waals surface area contributed by atoms with Crippen LogP contribution in [0.5, 0.6) is 0 Å². The molecule has 2 aliphatic heterocycles. The number of β-amino-alcohol motifs (C(OH)–C–C–N with tert-alkyl or cyclic N) is 1. The maximum absolute atomic E-state index is 12.9. The van der Waals surface area contributed by atoms with Gasteiger partial charge in [0.25, 0.3) is 5.69 Å². The highest BCUT2D eigenvalue weighted by molar-refractivity contribution is 7.89. The molecule has 3 rings (SSSR count). The summed E-state index contributed by atoms with van der Waals surface area (Å²) in [6.45, 7) is 6.85. The highest BCUT2D eigenvalue weighted by atomic mass is 32.2. The average molecular weight is 428 g/mol. The van der Waals surface area contributed by atoms with E-state index in [0.717, 1.165) is 0 Å². The standard InChI is InChI=1S/C18H29N5O5S/c1-15(24)14-20-7-9-21(10-8-20)17-4-3-16(13-18(17)23(25)26)29(27,28)22-11-5-19(2)6-12-22/h3-4,13,15,24H,5-12,14H2,1-2H3. The first kappa shape index (κ1) is 21.9. The van der Waals surface area contributed by atoms with Gasteiger partial charge in [-0.1, -0.05) is 0 Å². The molecule has 0 amide bonds. The number of piperazine rings is 2. The number of aliphatic hydroxyl groups is 1. The van der Waals surface area contributed by atoms with E-state index in [-0.39, 0.29) is 10.6 Å². The predicted molar refractivity (Wildman–Crippen MR) is 110 cm³/mol. The Labute approximate surface area is 171 Å². The summed E-state index contributed by atoms with van der Waals surface area (Å²) in [6.07, 6.45) is -0.421. The van der Waals surface area contributed by atoms with Crippen LogP contribution in [0.2, 0.25) is 0 Å². The molecule has 11 heteroatoms. The minimum Gasteiger partial charge on any atom is -0.392 e. The minimum atomic E-state index is -3.76. The Morgan fingerprint density at radius 1 is 1.10 bits per heavy atom. The van der Waals surface area contributed by atoms with Crippen LogP contribution in [0.1, 0.15) is 6.92 Å². The maximum Gasteiger partial charge on any atom is 0.293 e. The van der Waals surface area contributed by atoms with E-state index in [4.69, 9.17) is 0 Å². The van der Waals surface area contributed by atoms with Gasteiger partial charge in [-0.15, -0.1) is 0 Å². The van der Waals surface area contributed by atoms with E-state index in [1.807, 2.05) is 11.9 Å². The van der Waals surface area contributed by atoms with Crippen molar-refractivity contribution in [3.05, 3.63) is 28.3 Å². The van der Waals surface area contributed by atoms with Gasteiger partial charge in [-0.25, -0.2) is 8.42 Å². The molecule has 0 bridgehead atoms. The van der Waals surface area contributed by atoms with Crippen LogP contribution < -0.4 is 4.90 Å². The number of nitro groups is 1. The summed E-state index contributed by atoms with van der Waals surface area (Å²) >= 11 is 0. The molecule has 0 saturated carbocycles. The Balaban J connectivity index is 1.80. The largest absolute Gasteiger partial charge is 0.392 e. The van der Waals surface area contributed by atoms with Crippen LogP contribution in [0, 0.1) is 10.1 Å². The number of hydrogen-bond acceptors (Lipinski definition) is 8. The fraction of sp³-hybridized carbons (Fsp3) is 0.667. The van der Waals surface area contributed by atoms with Gasteiger partial charge in [0.1, 0.15) is 5.69 Å². The monoisotopic (exact) mass is 427 g/mol. The fourth-order valence-electron chi connectivity index (χ4n) is 3.80. The number of rotatable bonds is 6. The zero-order chi connectivity index (χ0) is 21.2. The first-order chi connectivity index (χ1) is 13.7. The number of aliphatic hydroxyl groups excluding tert-OH is 1. The topological polar surface area (TPSA) is 110 Å². The molecular formula is C18H29N5O5S. The van der Waals surface area contributed by atoms with Crippen molar-refractivity contribution >= 4 is 21.4 Å². The number of anilines is 1. The molecule has 1 aromatic carbocycles. The van der Waals surface area contributed by atoms with Crippen molar-refractivity contribution in [1.29, 1.82) is 0 Å². The normalized spacial score (nSPS) is 21.3. The second-order valence-corrected chi connectivity index (χ2v) is 9.69. The second kappa shape index (κ2) is 8.92. The number of nitro benzene ring substituents is 1. The molecular weight excluding hydrogens is 398 g/mol. The molecule has 162 valence electrons. The molecule has 2 aliphatic rings. The lowest BCUT2D eigenvalue weighted by molar-refractivity contribution is -0.384. The second-order valence-electron chi connectivity index (χ2n) is 7.75. The van der Waals surface area contributed by atoms with Crippen molar-refractivity contribution in [2.75, 3.05) is 70.9 Å². The number of sulfonamides is 1. The van der Waals surface area contributed by atoms with Crippen LogP contribution in [0.25, 0.3) is 0 Å². The molecule has 0 aromatic heterocycles. The van der Waals surface area contributed by atoms with Gasteiger partial charge in [-0.05, 0) is 26.1 Å². The molecule has 1 atom stereocenters. The third-order valence-electron chi connectivity index (χ3n) is 5.48. The summed E-state index contributed by atoms with van der Waals surface area (Å²) in [5.41, 5.74) is 0.244. The lowest BCUT2D eigenvalue weighted by atomic mass is 10.2. The first-order valence-corrected chi connectivity index (χ1v) is 11.2. The highest BCUT2D eigenvalue weighted by Gasteiger charge is 2.31.